The van der Waals surface area contributed by atoms with E-state index < -0.39 is 24.1 Å². The van der Waals surface area contributed by atoms with E-state index in [1.54, 1.807) is 0 Å². The first-order valence-corrected chi connectivity index (χ1v) is 12.7. The SMILES string of the molecule is NC1CC(CC(NC(=O)NC(CC2CCCCC2)C(=O)N[C@@H]2CC3CCC2C3)C(=O)O)C1. The van der Waals surface area contributed by atoms with Gasteiger partial charge in [-0.2, -0.15) is 0 Å². The van der Waals surface area contributed by atoms with Crippen molar-refractivity contribution in [3.05, 3.63) is 0 Å². The lowest BCUT2D eigenvalue weighted by Crippen LogP contribution is -2.56. The van der Waals surface area contributed by atoms with Gasteiger partial charge < -0.3 is 26.8 Å². The molecule has 32 heavy (non-hydrogen) atoms. The largest absolute Gasteiger partial charge is 0.480 e. The summed E-state index contributed by atoms with van der Waals surface area (Å²) in [6, 6.07) is -1.79. The summed E-state index contributed by atoms with van der Waals surface area (Å²) in [5.74, 6) is 0.792. The van der Waals surface area contributed by atoms with Gasteiger partial charge in [0.2, 0.25) is 5.91 Å². The van der Waals surface area contributed by atoms with Crippen LogP contribution >= 0.6 is 0 Å². The normalized spacial score (nSPS) is 33.7. The molecule has 180 valence electrons. The third kappa shape index (κ3) is 5.94. The number of aliphatic carboxylic acids is 1. The number of amides is 3. The van der Waals surface area contributed by atoms with Crippen LogP contribution in [-0.2, 0) is 9.59 Å². The molecule has 0 heterocycles. The highest BCUT2D eigenvalue weighted by atomic mass is 16.4. The van der Waals surface area contributed by atoms with Crippen LogP contribution in [0, 0.1) is 23.7 Å². The Labute approximate surface area is 190 Å². The molecule has 4 unspecified atom stereocenters. The summed E-state index contributed by atoms with van der Waals surface area (Å²) in [5.41, 5.74) is 5.81. The van der Waals surface area contributed by atoms with Crippen molar-refractivity contribution >= 4 is 17.9 Å². The first-order valence-electron chi connectivity index (χ1n) is 12.7. The van der Waals surface area contributed by atoms with Crippen molar-refractivity contribution < 1.29 is 19.5 Å². The lowest BCUT2D eigenvalue weighted by atomic mass is 9.77. The number of carbonyl (C=O) groups is 3. The molecule has 0 aromatic rings. The van der Waals surface area contributed by atoms with Gasteiger partial charge in [-0.25, -0.2) is 9.59 Å². The van der Waals surface area contributed by atoms with Crippen molar-refractivity contribution in [1.82, 2.24) is 16.0 Å². The molecule has 0 spiro atoms. The van der Waals surface area contributed by atoms with Gasteiger partial charge in [0.1, 0.15) is 12.1 Å². The maximum Gasteiger partial charge on any atom is 0.326 e. The number of urea groups is 1. The zero-order valence-electron chi connectivity index (χ0n) is 19.1. The first kappa shape index (κ1) is 23.3. The summed E-state index contributed by atoms with van der Waals surface area (Å²) in [7, 11) is 0. The molecule has 0 aromatic heterocycles. The summed E-state index contributed by atoms with van der Waals surface area (Å²) in [6.07, 6.45) is 13.0. The van der Waals surface area contributed by atoms with Crippen LogP contribution in [0.1, 0.15) is 83.5 Å². The van der Waals surface area contributed by atoms with Gasteiger partial charge in [0.25, 0.3) is 0 Å². The minimum atomic E-state index is -1.05. The van der Waals surface area contributed by atoms with E-state index in [0.717, 1.165) is 38.0 Å². The Hall–Kier alpha value is -1.83. The Morgan fingerprint density at radius 2 is 1.53 bits per heavy atom. The number of carboxylic acid groups (broad SMARTS) is 1. The van der Waals surface area contributed by atoms with E-state index in [0.29, 0.717) is 24.7 Å². The maximum absolute atomic E-state index is 13.2. The van der Waals surface area contributed by atoms with Gasteiger partial charge in [0.05, 0.1) is 0 Å². The number of hydrogen-bond acceptors (Lipinski definition) is 4. The van der Waals surface area contributed by atoms with Gasteiger partial charge in [-0.05, 0) is 68.6 Å². The maximum atomic E-state index is 13.2. The molecule has 3 amide bonds. The summed E-state index contributed by atoms with van der Waals surface area (Å²) in [6.45, 7) is 0. The highest BCUT2D eigenvalue weighted by molar-refractivity contribution is 5.89. The van der Waals surface area contributed by atoms with E-state index >= 15 is 0 Å². The van der Waals surface area contributed by atoms with Crippen molar-refractivity contribution in [2.45, 2.75) is 108 Å². The Bertz CT molecular complexity index is 689. The number of fused-ring (bicyclic) bond motifs is 2. The molecule has 6 N–H and O–H groups in total. The fourth-order valence-electron chi connectivity index (χ4n) is 6.59. The molecule has 4 rings (SSSR count). The summed E-state index contributed by atoms with van der Waals surface area (Å²) in [4.78, 5) is 37.6. The highest BCUT2D eigenvalue weighted by Crippen LogP contribution is 2.44. The molecule has 4 aliphatic carbocycles. The first-order chi connectivity index (χ1) is 15.4. The van der Waals surface area contributed by atoms with Crippen molar-refractivity contribution in [2.75, 3.05) is 0 Å². The topological polar surface area (TPSA) is 134 Å². The molecule has 0 aromatic carbocycles. The zero-order valence-corrected chi connectivity index (χ0v) is 19.1. The molecule has 2 bridgehead atoms. The molecular formula is C24H40N4O4. The monoisotopic (exact) mass is 448 g/mol. The average Bonchev–Trinajstić information content (AvgIpc) is 3.35. The molecule has 4 aliphatic rings. The van der Waals surface area contributed by atoms with Gasteiger partial charge in [-0.15, -0.1) is 0 Å². The van der Waals surface area contributed by atoms with E-state index in [2.05, 4.69) is 16.0 Å². The number of rotatable bonds is 9. The fraction of sp³-hybridized carbons (Fsp3) is 0.875. The van der Waals surface area contributed by atoms with Gasteiger partial charge in [0.15, 0.2) is 0 Å². The Balaban J connectivity index is 1.34. The molecule has 0 radical (unpaired) electrons. The number of hydrogen-bond donors (Lipinski definition) is 5. The highest BCUT2D eigenvalue weighted by Gasteiger charge is 2.41. The molecule has 0 aliphatic heterocycles. The van der Waals surface area contributed by atoms with Crippen molar-refractivity contribution in [1.29, 1.82) is 0 Å². The molecule has 4 fully saturated rings. The third-order valence-electron chi connectivity index (χ3n) is 8.43. The lowest BCUT2D eigenvalue weighted by molar-refractivity contribution is -0.139. The van der Waals surface area contributed by atoms with Crippen LogP contribution in [-0.4, -0.2) is 47.2 Å². The number of nitrogens with one attached hydrogen (secondary N) is 3. The van der Waals surface area contributed by atoms with E-state index in [-0.39, 0.29) is 23.9 Å². The summed E-state index contributed by atoms with van der Waals surface area (Å²) < 4.78 is 0. The van der Waals surface area contributed by atoms with Crippen molar-refractivity contribution in [3.63, 3.8) is 0 Å². The second-order valence-corrected chi connectivity index (χ2v) is 10.9. The molecule has 0 saturated heterocycles. The van der Waals surface area contributed by atoms with Gasteiger partial charge in [-0.1, -0.05) is 38.5 Å². The van der Waals surface area contributed by atoms with Gasteiger partial charge >= 0.3 is 12.0 Å². The summed E-state index contributed by atoms with van der Waals surface area (Å²) >= 11 is 0. The predicted molar refractivity (Wildman–Crippen MR) is 121 cm³/mol. The molecule has 8 heteroatoms. The van der Waals surface area contributed by atoms with Crippen LogP contribution < -0.4 is 21.7 Å². The van der Waals surface area contributed by atoms with Crippen LogP contribution in [0.2, 0.25) is 0 Å². The van der Waals surface area contributed by atoms with Crippen LogP contribution in [0.25, 0.3) is 0 Å². The molecular weight excluding hydrogens is 408 g/mol. The lowest BCUT2D eigenvalue weighted by Gasteiger charge is -2.34. The van der Waals surface area contributed by atoms with E-state index in [9.17, 15) is 19.5 Å². The van der Waals surface area contributed by atoms with Gasteiger partial charge in [-0.3, -0.25) is 4.79 Å². The van der Waals surface area contributed by atoms with E-state index in [1.807, 2.05) is 0 Å². The Kier molecular flexibility index (Phi) is 7.59. The molecule has 8 nitrogen and oxygen atoms in total. The second kappa shape index (κ2) is 10.4. The second-order valence-electron chi connectivity index (χ2n) is 10.9. The van der Waals surface area contributed by atoms with Crippen LogP contribution in [0.4, 0.5) is 4.79 Å². The Morgan fingerprint density at radius 1 is 0.844 bits per heavy atom. The van der Waals surface area contributed by atoms with E-state index in [1.165, 1.54) is 38.5 Å². The predicted octanol–water partition coefficient (Wildman–Crippen LogP) is 2.51. The number of carbonyl (C=O) groups excluding carboxylic acids is 2. The molecule has 4 saturated carbocycles. The zero-order chi connectivity index (χ0) is 22.7. The minimum absolute atomic E-state index is 0.111. The van der Waals surface area contributed by atoms with Gasteiger partial charge in [0, 0.05) is 12.1 Å². The van der Waals surface area contributed by atoms with Crippen molar-refractivity contribution in [2.24, 2.45) is 29.4 Å². The molecule has 5 atom stereocenters. The van der Waals surface area contributed by atoms with Crippen molar-refractivity contribution in [3.8, 4) is 0 Å². The Morgan fingerprint density at radius 3 is 2.12 bits per heavy atom. The van der Waals surface area contributed by atoms with Crippen LogP contribution in [0.5, 0.6) is 0 Å². The summed E-state index contributed by atoms with van der Waals surface area (Å²) in [5, 5.41) is 18.2. The fourth-order valence-corrected chi connectivity index (χ4v) is 6.59. The smallest absolute Gasteiger partial charge is 0.326 e. The average molecular weight is 449 g/mol. The minimum Gasteiger partial charge on any atom is -0.480 e. The van der Waals surface area contributed by atoms with E-state index in [4.69, 9.17) is 5.73 Å². The standard InChI is InChI=1S/C24H40N4O4/c25-18-9-16(10-18)13-21(23(30)31)28-24(32)27-20(11-14-4-2-1-3-5-14)22(29)26-19-12-15-6-7-17(19)8-15/h14-21H,1-13,25H2,(H,26,29)(H,30,31)(H2,27,28,32)/t15?,16?,17?,18?,19-,20?,21?/m1/s1. The number of carboxylic acids is 1. The third-order valence-corrected chi connectivity index (χ3v) is 8.43. The van der Waals surface area contributed by atoms with Crippen LogP contribution in [0.15, 0.2) is 0 Å². The van der Waals surface area contributed by atoms with Crippen LogP contribution in [0.3, 0.4) is 0 Å². The quantitative estimate of drug-likeness (QED) is 0.370. The number of nitrogens with two attached hydrogens (primary N) is 1.